The predicted octanol–water partition coefficient (Wildman–Crippen LogP) is 3.43. The van der Waals surface area contributed by atoms with E-state index in [0.29, 0.717) is 5.56 Å². The Morgan fingerprint density at radius 3 is 2.58 bits per heavy atom. The molecule has 2 rings (SSSR count). The van der Waals surface area contributed by atoms with Crippen LogP contribution in [0, 0.1) is 22.1 Å². The smallest absolute Gasteiger partial charge is 0.134 e. The van der Waals surface area contributed by atoms with Gasteiger partial charge in [0.25, 0.3) is 0 Å². The molecular formula is C14H13F2IN2. The highest BCUT2D eigenvalue weighted by atomic mass is 127. The van der Waals surface area contributed by atoms with Gasteiger partial charge in [0, 0.05) is 9.13 Å². The van der Waals surface area contributed by atoms with E-state index in [1.54, 1.807) is 13.0 Å². The third kappa shape index (κ3) is 2.93. The first-order chi connectivity index (χ1) is 9.04. The van der Waals surface area contributed by atoms with Crippen LogP contribution in [0.3, 0.4) is 0 Å². The van der Waals surface area contributed by atoms with Crippen LogP contribution in [0.25, 0.3) is 0 Å². The third-order valence-corrected chi connectivity index (χ3v) is 3.63. The number of benzene rings is 2. The molecule has 0 radical (unpaired) electrons. The van der Waals surface area contributed by atoms with Gasteiger partial charge in [-0.3, -0.25) is 5.84 Å². The quantitative estimate of drug-likeness (QED) is 0.491. The van der Waals surface area contributed by atoms with Crippen LogP contribution >= 0.6 is 22.6 Å². The van der Waals surface area contributed by atoms with Crippen molar-refractivity contribution in [1.29, 1.82) is 0 Å². The van der Waals surface area contributed by atoms with Crippen molar-refractivity contribution in [3.63, 3.8) is 0 Å². The van der Waals surface area contributed by atoms with E-state index in [1.807, 2.05) is 18.2 Å². The van der Waals surface area contributed by atoms with E-state index in [4.69, 9.17) is 5.84 Å². The van der Waals surface area contributed by atoms with Crippen LogP contribution in [0.5, 0.6) is 0 Å². The summed E-state index contributed by atoms with van der Waals surface area (Å²) < 4.78 is 29.0. The number of nitrogens with one attached hydrogen (secondary N) is 1. The molecule has 0 aromatic heterocycles. The Hall–Kier alpha value is -1.05. The minimum Gasteiger partial charge on any atom is -0.271 e. The van der Waals surface area contributed by atoms with Gasteiger partial charge in [-0.25, -0.2) is 14.2 Å². The Bertz CT molecular complexity index is 602. The van der Waals surface area contributed by atoms with Crippen LogP contribution in [0.15, 0.2) is 36.4 Å². The summed E-state index contributed by atoms with van der Waals surface area (Å²) in [6.07, 6.45) is 0. The molecule has 1 unspecified atom stereocenters. The summed E-state index contributed by atoms with van der Waals surface area (Å²) in [5.74, 6) is 4.31. The zero-order valence-electron chi connectivity index (χ0n) is 10.3. The summed E-state index contributed by atoms with van der Waals surface area (Å²) in [6, 6.07) is 9.31. The molecule has 0 amide bonds. The fourth-order valence-electron chi connectivity index (χ4n) is 1.98. The van der Waals surface area contributed by atoms with Crippen molar-refractivity contribution < 1.29 is 8.78 Å². The maximum atomic E-state index is 14.1. The van der Waals surface area contributed by atoms with Crippen LogP contribution in [-0.2, 0) is 0 Å². The van der Waals surface area contributed by atoms with Gasteiger partial charge >= 0.3 is 0 Å². The second-order valence-corrected chi connectivity index (χ2v) is 5.49. The molecule has 0 bridgehead atoms. The first-order valence-electron chi connectivity index (χ1n) is 5.70. The van der Waals surface area contributed by atoms with E-state index in [2.05, 4.69) is 28.0 Å². The lowest BCUT2D eigenvalue weighted by Gasteiger charge is -2.19. The summed E-state index contributed by atoms with van der Waals surface area (Å²) >= 11 is 2.14. The van der Waals surface area contributed by atoms with Gasteiger partial charge in [-0.15, -0.1) is 0 Å². The van der Waals surface area contributed by atoms with Crippen LogP contribution in [-0.4, -0.2) is 0 Å². The number of rotatable bonds is 3. The van der Waals surface area contributed by atoms with Crippen LogP contribution in [0.4, 0.5) is 8.78 Å². The Morgan fingerprint density at radius 2 is 1.95 bits per heavy atom. The summed E-state index contributed by atoms with van der Waals surface area (Å²) in [7, 11) is 0. The minimum atomic E-state index is -0.713. The molecule has 0 fully saturated rings. The number of hydrogen-bond acceptors (Lipinski definition) is 2. The average Bonchev–Trinajstić information content (AvgIpc) is 2.39. The fraction of sp³-hybridized carbons (Fsp3) is 0.143. The van der Waals surface area contributed by atoms with Crippen LogP contribution in [0.2, 0.25) is 0 Å². The van der Waals surface area contributed by atoms with Gasteiger partial charge in [0.2, 0.25) is 0 Å². The lowest BCUT2D eigenvalue weighted by molar-refractivity contribution is 0.506. The molecule has 0 heterocycles. The highest BCUT2D eigenvalue weighted by Crippen LogP contribution is 2.28. The van der Waals surface area contributed by atoms with Gasteiger partial charge < -0.3 is 0 Å². The number of nitrogens with two attached hydrogens (primary N) is 1. The van der Waals surface area contributed by atoms with Crippen LogP contribution < -0.4 is 11.3 Å². The Labute approximate surface area is 124 Å². The number of hydrogen-bond donors (Lipinski definition) is 2. The van der Waals surface area contributed by atoms with Crippen molar-refractivity contribution in [1.82, 2.24) is 5.43 Å². The first kappa shape index (κ1) is 14.4. The molecule has 19 heavy (non-hydrogen) atoms. The molecule has 0 saturated carbocycles. The molecule has 2 aromatic rings. The molecule has 5 heteroatoms. The van der Waals surface area contributed by atoms with Gasteiger partial charge in [-0.2, -0.15) is 0 Å². The van der Waals surface area contributed by atoms with Gasteiger partial charge in [-0.05, 0) is 58.8 Å². The summed E-state index contributed by atoms with van der Waals surface area (Å²) in [5, 5.41) is 0. The predicted molar refractivity (Wildman–Crippen MR) is 79.4 cm³/mol. The molecule has 0 aliphatic carbocycles. The molecule has 0 saturated heterocycles. The van der Waals surface area contributed by atoms with Gasteiger partial charge in [0.05, 0.1) is 6.04 Å². The number of hydrazine groups is 1. The largest absolute Gasteiger partial charge is 0.271 e. The zero-order valence-corrected chi connectivity index (χ0v) is 12.4. The number of halogens is 3. The Morgan fingerprint density at radius 1 is 1.21 bits per heavy atom. The highest BCUT2D eigenvalue weighted by molar-refractivity contribution is 14.1. The van der Waals surface area contributed by atoms with Crippen molar-refractivity contribution in [3.8, 4) is 0 Å². The van der Waals surface area contributed by atoms with Crippen molar-refractivity contribution in [2.45, 2.75) is 13.0 Å². The summed E-state index contributed by atoms with van der Waals surface area (Å²) in [5.41, 5.74) is 3.55. The van der Waals surface area contributed by atoms with Crippen LogP contribution in [0.1, 0.15) is 22.7 Å². The van der Waals surface area contributed by atoms with E-state index in [9.17, 15) is 8.78 Å². The van der Waals surface area contributed by atoms with Crippen molar-refractivity contribution in [2.24, 2.45) is 5.84 Å². The lowest BCUT2D eigenvalue weighted by atomic mass is 9.96. The maximum absolute atomic E-state index is 14.1. The van der Waals surface area contributed by atoms with E-state index < -0.39 is 17.7 Å². The molecule has 1 atom stereocenters. The molecule has 2 aromatic carbocycles. The topological polar surface area (TPSA) is 38.0 Å². The molecule has 3 N–H and O–H groups in total. The van der Waals surface area contributed by atoms with E-state index >= 15 is 0 Å². The standard InChI is InChI=1S/C14H13F2IN2/c1-8-5-6-11(15)12(13(8)16)14(19-18)9-3-2-4-10(17)7-9/h2-7,14,19H,18H2,1H3. The molecule has 100 valence electrons. The second kappa shape index (κ2) is 5.94. The summed E-state index contributed by atoms with van der Waals surface area (Å²) in [6.45, 7) is 1.60. The van der Waals surface area contributed by atoms with Crippen molar-refractivity contribution in [2.75, 3.05) is 0 Å². The highest BCUT2D eigenvalue weighted by Gasteiger charge is 2.22. The van der Waals surface area contributed by atoms with Crippen molar-refractivity contribution in [3.05, 3.63) is 68.3 Å². The zero-order chi connectivity index (χ0) is 14.0. The molecule has 0 aliphatic heterocycles. The van der Waals surface area contributed by atoms with Gasteiger partial charge in [-0.1, -0.05) is 18.2 Å². The third-order valence-electron chi connectivity index (χ3n) is 2.96. The fourth-order valence-corrected chi connectivity index (χ4v) is 2.54. The maximum Gasteiger partial charge on any atom is 0.134 e. The van der Waals surface area contributed by atoms with Gasteiger partial charge in [0.15, 0.2) is 0 Å². The molecule has 0 spiro atoms. The Balaban J connectivity index is 2.57. The minimum absolute atomic E-state index is 0.0514. The second-order valence-electron chi connectivity index (χ2n) is 4.25. The monoisotopic (exact) mass is 374 g/mol. The van der Waals surface area contributed by atoms with Crippen molar-refractivity contribution >= 4 is 22.6 Å². The summed E-state index contributed by atoms with van der Waals surface area (Å²) in [4.78, 5) is 0. The van der Waals surface area contributed by atoms with E-state index in [0.717, 1.165) is 9.13 Å². The molecule has 2 nitrogen and oxygen atoms in total. The lowest BCUT2D eigenvalue weighted by Crippen LogP contribution is -2.30. The number of aryl methyl sites for hydroxylation is 1. The molecule has 0 aliphatic rings. The SMILES string of the molecule is Cc1ccc(F)c(C(NN)c2cccc(I)c2)c1F. The first-order valence-corrected chi connectivity index (χ1v) is 6.78. The normalized spacial score (nSPS) is 12.5. The average molecular weight is 374 g/mol. The molecular weight excluding hydrogens is 361 g/mol. The van der Waals surface area contributed by atoms with E-state index in [1.165, 1.54) is 12.1 Å². The van der Waals surface area contributed by atoms with Gasteiger partial charge in [0.1, 0.15) is 11.6 Å². The Kier molecular flexibility index (Phi) is 4.49. The van der Waals surface area contributed by atoms with E-state index in [-0.39, 0.29) is 5.56 Å².